The van der Waals surface area contributed by atoms with Gasteiger partial charge in [-0.1, -0.05) is 66.7 Å². The second-order valence-corrected chi connectivity index (χ2v) is 10.9. The van der Waals surface area contributed by atoms with Gasteiger partial charge in [0.2, 0.25) is 0 Å². The average molecular weight is 571 g/mol. The maximum absolute atomic E-state index is 13.4. The summed E-state index contributed by atoms with van der Waals surface area (Å²) in [7, 11) is 4.01. The van der Waals surface area contributed by atoms with E-state index in [-0.39, 0.29) is 5.69 Å². The number of carbonyl (C=O) groups is 2. The van der Waals surface area contributed by atoms with Gasteiger partial charge in [-0.25, -0.2) is 9.78 Å². The topological polar surface area (TPSA) is 91.8 Å². The Labute approximate surface area is 239 Å². The average Bonchev–Trinajstić information content (AvgIpc) is 2.92. The van der Waals surface area contributed by atoms with E-state index in [1.807, 2.05) is 44.4 Å². The van der Waals surface area contributed by atoms with Gasteiger partial charge >= 0.3 is 5.97 Å². The second-order valence-electron chi connectivity index (χ2n) is 10.1. The minimum absolute atomic E-state index is 0.121. The van der Waals surface area contributed by atoms with E-state index in [0.717, 1.165) is 43.4 Å². The number of rotatable bonds is 10. The van der Waals surface area contributed by atoms with E-state index >= 15 is 0 Å². The van der Waals surface area contributed by atoms with Crippen LogP contribution in [0.15, 0.2) is 54.6 Å². The molecule has 1 aliphatic rings. The van der Waals surface area contributed by atoms with Crippen LogP contribution in [0.5, 0.6) is 5.75 Å². The smallest absolute Gasteiger partial charge is 0.329 e. The number of aromatic nitrogens is 1. The van der Waals surface area contributed by atoms with Crippen LogP contribution in [-0.2, 0) is 4.79 Å². The van der Waals surface area contributed by atoms with Crippen molar-refractivity contribution in [1.82, 2.24) is 15.2 Å². The highest BCUT2D eigenvalue weighted by Gasteiger charge is 2.41. The summed E-state index contributed by atoms with van der Waals surface area (Å²) in [6.45, 7) is 1.37. The zero-order valence-electron chi connectivity index (χ0n) is 22.2. The fourth-order valence-electron chi connectivity index (χ4n) is 4.86. The van der Waals surface area contributed by atoms with Crippen molar-refractivity contribution in [3.05, 3.63) is 70.3 Å². The molecule has 4 rings (SSSR count). The van der Waals surface area contributed by atoms with Gasteiger partial charge in [-0.05, 0) is 63.7 Å². The molecule has 2 aromatic carbocycles. The molecular formula is C30H33Cl2N3O4. The normalized spacial score (nSPS) is 14.7. The summed E-state index contributed by atoms with van der Waals surface area (Å²) in [6, 6.07) is 16.2. The predicted octanol–water partition coefficient (Wildman–Crippen LogP) is 6.57. The molecule has 1 fully saturated rings. The summed E-state index contributed by atoms with van der Waals surface area (Å²) in [4.78, 5) is 32.3. The molecule has 2 N–H and O–H groups in total. The highest BCUT2D eigenvalue weighted by Crippen LogP contribution is 2.38. The van der Waals surface area contributed by atoms with Gasteiger partial charge in [0, 0.05) is 28.3 Å². The van der Waals surface area contributed by atoms with Crippen LogP contribution in [0.25, 0.3) is 22.4 Å². The molecule has 0 aliphatic heterocycles. The first-order valence-electron chi connectivity index (χ1n) is 13.1. The molecule has 1 heterocycles. The Morgan fingerprint density at radius 1 is 1.00 bits per heavy atom. The number of hydrogen-bond acceptors (Lipinski definition) is 5. The number of amides is 1. The van der Waals surface area contributed by atoms with Crippen molar-refractivity contribution in [3.8, 4) is 28.1 Å². The number of nitrogens with one attached hydrogen (secondary N) is 1. The Hall–Kier alpha value is -3.13. The number of carbonyl (C=O) groups excluding carboxylic acids is 1. The number of carboxylic acids is 1. The summed E-state index contributed by atoms with van der Waals surface area (Å²) in [6.07, 6.45) is 4.07. The molecular weight excluding hydrogens is 537 g/mol. The third-order valence-electron chi connectivity index (χ3n) is 6.97. The minimum Gasteiger partial charge on any atom is -0.492 e. The summed E-state index contributed by atoms with van der Waals surface area (Å²) >= 11 is 13.0. The summed E-state index contributed by atoms with van der Waals surface area (Å²) in [5.41, 5.74) is 1.52. The van der Waals surface area contributed by atoms with Crippen LogP contribution >= 0.6 is 23.2 Å². The zero-order valence-corrected chi connectivity index (χ0v) is 23.7. The van der Waals surface area contributed by atoms with Crippen molar-refractivity contribution < 1.29 is 19.4 Å². The zero-order chi connectivity index (χ0) is 28.0. The Morgan fingerprint density at radius 2 is 1.74 bits per heavy atom. The lowest BCUT2D eigenvalue weighted by Crippen LogP contribution is -2.55. The van der Waals surface area contributed by atoms with Crippen molar-refractivity contribution in [2.75, 3.05) is 27.2 Å². The molecule has 0 radical (unpaired) electrons. The van der Waals surface area contributed by atoms with E-state index in [1.165, 1.54) is 0 Å². The van der Waals surface area contributed by atoms with E-state index < -0.39 is 17.4 Å². The Kier molecular flexibility index (Phi) is 9.49. The van der Waals surface area contributed by atoms with Crippen molar-refractivity contribution in [1.29, 1.82) is 0 Å². The number of pyridine rings is 1. The van der Waals surface area contributed by atoms with Crippen molar-refractivity contribution >= 4 is 35.1 Å². The monoisotopic (exact) mass is 569 g/mol. The summed E-state index contributed by atoms with van der Waals surface area (Å²) < 4.78 is 5.98. The lowest BCUT2D eigenvalue weighted by molar-refractivity contribution is -0.145. The molecule has 9 heteroatoms. The van der Waals surface area contributed by atoms with E-state index in [2.05, 4.69) is 10.2 Å². The van der Waals surface area contributed by atoms with Gasteiger partial charge < -0.3 is 20.1 Å². The number of nitrogens with zero attached hydrogens (tertiary/aromatic N) is 2. The van der Waals surface area contributed by atoms with Crippen molar-refractivity contribution in [2.24, 2.45) is 0 Å². The number of hydrogen-bond donors (Lipinski definition) is 2. The molecule has 1 aromatic heterocycles. The van der Waals surface area contributed by atoms with Gasteiger partial charge in [0.25, 0.3) is 5.91 Å². The standard InChI is InChI=1S/C30H33Cl2N3O4/c1-35(2)17-8-18-39-26-19-20(11-13-24(26)32)27-22(21-9-4-5-10-23(21)31)12-14-25(33-27)28(36)34-30(29(37)38)15-6-3-7-16-30/h4-5,9-14,19H,3,6-8,15-18H2,1-2H3,(H,34,36)(H,37,38). The van der Waals surface area contributed by atoms with Gasteiger partial charge in [-0.3, -0.25) is 4.79 Å². The quantitative estimate of drug-likeness (QED) is 0.268. The molecule has 1 aliphatic carbocycles. The molecule has 7 nitrogen and oxygen atoms in total. The fraction of sp³-hybridized carbons (Fsp3) is 0.367. The Morgan fingerprint density at radius 3 is 2.44 bits per heavy atom. The number of ether oxygens (including phenoxy) is 1. The minimum atomic E-state index is -1.29. The van der Waals surface area contributed by atoms with Crippen LogP contribution in [0.2, 0.25) is 10.0 Å². The molecule has 0 atom stereocenters. The van der Waals surface area contributed by atoms with Crippen LogP contribution in [0, 0.1) is 0 Å². The van der Waals surface area contributed by atoms with Gasteiger partial charge in [0.15, 0.2) is 0 Å². The molecule has 0 saturated heterocycles. The first kappa shape index (κ1) is 28.9. The lowest BCUT2D eigenvalue weighted by atomic mass is 9.81. The maximum atomic E-state index is 13.4. The van der Waals surface area contributed by atoms with E-state index in [0.29, 0.717) is 46.5 Å². The number of halogens is 2. The van der Waals surface area contributed by atoms with E-state index in [9.17, 15) is 14.7 Å². The summed E-state index contributed by atoms with van der Waals surface area (Å²) in [5.74, 6) is -1.03. The Bertz CT molecular complexity index is 1340. The van der Waals surface area contributed by atoms with Crippen LogP contribution in [-0.4, -0.2) is 59.7 Å². The second kappa shape index (κ2) is 12.8. The van der Waals surface area contributed by atoms with Crippen LogP contribution in [0.1, 0.15) is 49.0 Å². The van der Waals surface area contributed by atoms with Crippen LogP contribution in [0.3, 0.4) is 0 Å². The van der Waals surface area contributed by atoms with Crippen molar-refractivity contribution in [2.45, 2.75) is 44.1 Å². The molecule has 0 bridgehead atoms. The SMILES string of the molecule is CN(C)CCCOc1cc(-c2nc(C(=O)NC3(C(=O)O)CCCCC3)ccc2-c2ccccc2Cl)ccc1Cl. The Balaban J connectivity index is 1.73. The molecule has 3 aromatic rings. The van der Waals surface area contributed by atoms with E-state index in [1.54, 1.807) is 24.3 Å². The highest BCUT2D eigenvalue weighted by molar-refractivity contribution is 6.33. The van der Waals surface area contributed by atoms with Gasteiger partial charge in [-0.15, -0.1) is 0 Å². The number of aliphatic carboxylic acids is 1. The third-order valence-corrected chi connectivity index (χ3v) is 7.61. The van der Waals surface area contributed by atoms with Crippen LogP contribution in [0.4, 0.5) is 0 Å². The van der Waals surface area contributed by atoms with Gasteiger partial charge in [0.1, 0.15) is 17.0 Å². The molecule has 206 valence electrons. The molecule has 0 spiro atoms. The third kappa shape index (κ3) is 6.90. The fourth-order valence-corrected chi connectivity index (χ4v) is 5.27. The first-order valence-corrected chi connectivity index (χ1v) is 13.8. The molecule has 39 heavy (non-hydrogen) atoms. The molecule has 0 unspecified atom stereocenters. The van der Waals surface area contributed by atoms with Gasteiger partial charge in [-0.2, -0.15) is 0 Å². The highest BCUT2D eigenvalue weighted by atomic mass is 35.5. The number of benzene rings is 2. The number of carboxylic acid groups (broad SMARTS) is 1. The first-order chi connectivity index (χ1) is 18.7. The lowest BCUT2D eigenvalue weighted by Gasteiger charge is -2.33. The summed E-state index contributed by atoms with van der Waals surface area (Å²) in [5, 5.41) is 13.7. The maximum Gasteiger partial charge on any atom is 0.329 e. The molecule has 1 amide bonds. The largest absolute Gasteiger partial charge is 0.492 e. The van der Waals surface area contributed by atoms with Gasteiger partial charge in [0.05, 0.1) is 17.3 Å². The van der Waals surface area contributed by atoms with Crippen LogP contribution < -0.4 is 10.1 Å². The van der Waals surface area contributed by atoms with E-state index in [4.69, 9.17) is 32.9 Å². The van der Waals surface area contributed by atoms with Crippen molar-refractivity contribution in [3.63, 3.8) is 0 Å². The predicted molar refractivity (Wildman–Crippen MR) is 155 cm³/mol. The molecule has 1 saturated carbocycles.